The molecule has 1 aromatic carbocycles. The molecular formula is C15H20O4. The minimum absolute atomic E-state index is 0.192. The van der Waals surface area contributed by atoms with Crippen LogP contribution in [-0.2, 0) is 16.0 Å². The van der Waals surface area contributed by atoms with Gasteiger partial charge in [0.25, 0.3) is 0 Å². The predicted octanol–water partition coefficient (Wildman–Crippen LogP) is 2.73. The van der Waals surface area contributed by atoms with Gasteiger partial charge in [0.15, 0.2) is 11.5 Å². The summed E-state index contributed by atoms with van der Waals surface area (Å²) in [6.07, 6.45) is 1.12. The van der Waals surface area contributed by atoms with Gasteiger partial charge in [0.2, 0.25) is 0 Å². The maximum atomic E-state index is 11.2. The zero-order valence-electron chi connectivity index (χ0n) is 11.7. The fourth-order valence-corrected chi connectivity index (χ4v) is 2.18. The molecule has 1 aliphatic rings. The van der Waals surface area contributed by atoms with E-state index in [-0.39, 0.29) is 18.0 Å². The Bertz CT molecular complexity index is 465. The van der Waals surface area contributed by atoms with Crippen molar-refractivity contribution in [3.8, 4) is 11.5 Å². The summed E-state index contributed by atoms with van der Waals surface area (Å²) in [5.74, 6) is 1.26. The molecule has 0 saturated carbocycles. The van der Waals surface area contributed by atoms with E-state index in [1.807, 2.05) is 18.2 Å². The molecule has 0 unspecified atom stereocenters. The lowest BCUT2D eigenvalue weighted by molar-refractivity contribution is -0.143. The zero-order chi connectivity index (χ0) is 13.9. The normalized spacial score (nSPS) is 15.5. The summed E-state index contributed by atoms with van der Waals surface area (Å²) < 4.78 is 16.4. The van der Waals surface area contributed by atoms with E-state index in [1.165, 1.54) is 0 Å². The Labute approximate surface area is 113 Å². The first kappa shape index (κ1) is 13.7. The van der Waals surface area contributed by atoms with Crippen molar-refractivity contribution in [1.29, 1.82) is 0 Å². The number of para-hydroxylation sites is 1. The van der Waals surface area contributed by atoms with Crippen molar-refractivity contribution in [1.82, 2.24) is 0 Å². The third-order valence-electron chi connectivity index (χ3n) is 2.92. The molecule has 2 rings (SSSR count). The van der Waals surface area contributed by atoms with E-state index in [1.54, 1.807) is 6.92 Å². The molecule has 0 saturated heterocycles. The molecule has 0 N–H and O–H groups in total. The number of hydrogen-bond donors (Lipinski definition) is 0. The number of carbonyl (C=O) groups excluding carboxylic acids is 1. The Morgan fingerprint density at radius 2 is 2.21 bits per heavy atom. The Morgan fingerprint density at radius 1 is 1.42 bits per heavy atom. The molecule has 0 fully saturated rings. The van der Waals surface area contributed by atoms with E-state index < -0.39 is 0 Å². The van der Waals surface area contributed by atoms with Crippen LogP contribution in [0.1, 0.15) is 32.8 Å². The maximum Gasteiger partial charge on any atom is 0.309 e. The molecule has 104 valence electrons. The van der Waals surface area contributed by atoms with Crippen molar-refractivity contribution in [2.45, 2.75) is 39.2 Å². The number of esters is 1. The van der Waals surface area contributed by atoms with Crippen LogP contribution in [0.25, 0.3) is 0 Å². The molecule has 0 amide bonds. The topological polar surface area (TPSA) is 44.8 Å². The van der Waals surface area contributed by atoms with Gasteiger partial charge in [0.05, 0.1) is 19.6 Å². The standard InChI is InChI=1S/C15H20O4/c1-4-17-13(16)8-9-18-12-7-5-6-11-10-15(2,3)19-14(11)12/h5-7H,4,8-10H2,1-3H3. The molecule has 1 aromatic rings. The van der Waals surface area contributed by atoms with Crippen LogP contribution in [0.15, 0.2) is 18.2 Å². The highest BCUT2D eigenvalue weighted by atomic mass is 16.5. The van der Waals surface area contributed by atoms with Gasteiger partial charge in [-0.25, -0.2) is 0 Å². The van der Waals surface area contributed by atoms with E-state index in [0.717, 1.165) is 17.7 Å². The maximum absolute atomic E-state index is 11.2. The van der Waals surface area contributed by atoms with E-state index in [4.69, 9.17) is 14.2 Å². The first-order chi connectivity index (χ1) is 9.02. The van der Waals surface area contributed by atoms with Gasteiger partial charge < -0.3 is 14.2 Å². The predicted molar refractivity (Wildman–Crippen MR) is 71.6 cm³/mol. The van der Waals surface area contributed by atoms with Crippen molar-refractivity contribution in [3.63, 3.8) is 0 Å². The van der Waals surface area contributed by atoms with E-state index >= 15 is 0 Å². The van der Waals surface area contributed by atoms with Gasteiger partial charge in [0.1, 0.15) is 5.60 Å². The highest BCUT2D eigenvalue weighted by Crippen LogP contribution is 2.41. The van der Waals surface area contributed by atoms with Crippen LogP contribution in [0.2, 0.25) is 0 Å². The summed E-state index contributed by atoms with van der Waals surface area (Å²) in [5.41, 5.74) is 0.960. The van der Waals surface area contributed by atoms with E-state index in [0.29, 0.717) is 19.0 Å². The lowest BCUT2D eigenvalue weighted by atomic mass is 10.0. The van der Waals surface area contributed by atoms with Crippen molar-refractivity contribution in [2.75, 3.05) is 13.2 Å². The average Bonchev–Trinajstić information content (AvgIpc) is 2.64. The third-order valence-corrected chi connectivity index (χ3v) is 2.92. The van der Waals surface area contributed by atoms with Gasteiger partial charge >= 0.3 is 5.97 Å². The van der Waals surface area contributed by atoms with Crippen molar-refractivity contribution < 1.29 is 19.0 Å². The Hall–Kier alpha value is -1.71. The molecule has 0 radical (unpaired) electrons. The molecule has 0 spiro atoms. The van der Waals surface area contributed by atoms with E-state index in [9.17, 15) is 4.79 Å². The number of ether oxygens (including phenoxy) is 3. The van der Waals surface area contributed by atoms with E-state index in [2.05, 4.69) is 13.8 Å². The summed E-state index contributed by atoms with van der Waals surface area (Å²) in [6.45, 7) is 6.60. The third kappa shape index (κ3) is 3.40. The highest BCUT2D eigenvalue weighted by Gasteiger charge is 2.32. The Morgan fingerprint density at radius 3 is 2.95 bits per heavy atom. The minimum Gasteiger partial charge on any atom is -0.489 e. The minimum atomic E-state index is -0.240. The van der Waals surface area contributed by atoms with Crippen LogP contribution >= 0.6 is 0 Å². The lowest BCUT2D eigenvalue weighted by Gasteiger charge is -2.18. The molecule has 19 heavy (non-hydrogen) atoms. The number of benzene rings is 1. The molecule has 4 nitrogen and oxygen atoms in total. The van der Waals surface area contributed by atoms with Crippen LogP contribution in [0.5, 0.6) is 11.5 Å². The monoisotopic (exact) mass is 264 g/mol. The first-order valence-electron chi connectivity index (χ1n) is 6.61. The van der Waals surface area contributed by atoms with Crippen molar-refractivity contribution in [2.24, 2.45) is 0 Å². The quantitative estimate of drug-likeness (QED) is 0.767. The summed E-state index contributed by atoms with van der Waals surface area (Å²) in [4.78, 5) is 11.2. The summed E-state index contributed by atoms with van der Waals surface area (Å²) in [6, 6.07) is 5.86. The molecule has 0 aliphatic carbocycles. The average molecular weight is 264 g/mol. The van der Waals surface area contributed by atoms with Crippen LogP contribution in [-0.4, -0.2) is 24.8 Å². The SMILES string of the molecule is CCOC(=O)CCOc1cccc2c1OC(C)(C)C2. The van der Waals surface area contributed by atoms with Crippen molar-refractivity contribution >= 4 is 5.97 Å². The smallest absolute Gasteiger partial charge is 0.309 e. The molecule has 1 heterocycles. The molecule has 0 atom stereocenters. The Balaban J connectivity index is 1.96. The van der Waals surface area contributed by atoms with Gasteiger partial charge in [0, 0.05) is 12.0 Å². The number of hydrogen-bond acceptors (Lipinski definition) is 4. The summed E-state index contributed by atoms with van der Waals surface area (Å²) >= 11 is 0. The summed E-state index contributed by atoms with van der Waals surface area (Å²) in [7, 11) is 0. The fourth-order valence-electron chi connectivity index (χ4n) is 2.18. The van der Waals surface area contributed by atoms with Gasteiger partial charge in [-0.1, -0.05) is 12.1 Å². The molecule has 1 aliphatic heterocycles. The van der Waals surface area contributed by atoms with Gasteiger partial charge in [-0.2, -0.15) is 0 Å². The largest absolute Gasteiger partial charge is 0.489 e. The second-order valence-corrected chi connectivity index (χ2v) is 5.19. The van der Waals surface area contributed by atoms with Crippen LogP contribution in [0.4, 0.5) is 0 Å². The number of carbonyl (C=O) groups is 1. The lowest BCUT2D eigenvalue weighted by Crippen LogP contribution is -2.24. The number of fused-ring (bicyclic) bond motifs is 1. The molecule has 4 heteroatoms. The second-order valence-electron chi connectivity index (χ2n) is 5.19. The molecular weight excluding hydrogens is 244 g/mol. The first-order valence-corrected chi connectivity index (χ1v) is 6.61. The van der Waals surface area contributed by atoms with Gasteiger partial charge in [-0.05, 0) is 26.8 Å². The highest BCUT2D eigenvalue weighted by molar-refractivity contribution is 5.69. The van der Waals surface area contributed by atoms with Crippen LogP contribution in [0, 0.1) is 0 Å². The van der Waals surface area contributed by atoms with Crippen LogP contribution in [0.3, 0.4) is 0 Å². The second kappa shape index (κ2) is 5.51. The number of rotatable bonds is 5. The Kier molecular flexibility index (Phi) is 3.98. The molecule has 0 aromatic heterocycles. The van der Waals surface area contributed by atoms with Crippen LogP contribution < -0.4 is 9.47 Å². The molecule has 0 bridgehead atoms. The summed E-state index contributed by atoms with van der Waals surface area (Å²) in [5, 5.41) is 0. The zero-order valence-corrected chi connectivity index (χ0v) is 11.7. The van der Waals surface area contributed by atoms with Gasteiger partial charge in [-0.3, -0.25) is 4.79 Å². The van der Waals surface area contributed by atoms with Crippen molar-refractivity contribution in [3.05, 3.63) is 23.8 Å². The fraction of sp³-hybridized carbons (Fsp3) is 0.533. The van der Waals surface area contributed by atoms with Gasteiger partial charge in [-0.15, -0.1) is 0 Å².